The Bertz CT molecular complexity index is 969. The van der Waals surface area contributed by atoms with Gasteiger partial charge in [-0.3, -0.25) is 4.79 Å². The Kier molecular flexibility index (Phi) is 6.41. The van der Waals surface area contributed by atoms with Crippen molar-refractivity contribution in [2.24, 2.45) is 45.3 Å². The maximum absolute atomic E-state index is 12.8. The van der Waals surface area contributed by atoms with Crippen molar-refractivity contribution in [2.45, 2.75) is 156 Å². The molecule has 11 atom stereocenters. The average Bonchev–Trinajstić information content (AvgIpc) is 3.34. The molecule has 1 saturated heterocycles. The van der Waals surface area contributed by atoms with Crippen molar-refractivity contribution < 1.29 is 24.5 Å². The zero-order valence-electron chi connectivity index (χ0n) is 25.9. The van der Waals surface area contributed by atoms with Crippen molar-refractivity contribution in [1.29, 1.82) is 0 Å². The third-order valence-corrected chi connectivity index (χ3v) is 14.3. The molecule has 0 spiro atoms. The maximum atomic E-state index is 12.8. The third-order valence-electron chi connectivity index (χ3n) is 14.3. The zero-order valence-corrected chi connectivity index (χ0v) is 25.9. The molecule has 0 aromatic heterocycles. The van der Waals surface area contributed by atoms with Crippen LogP contribution in [-0.2, 0) is 14.3 Å². The lowest BCUT2D eigenvalue weighted by molar-refractivity contribution is -0.277. The van der Waals surface area contributed by atoms with Crippen molar-refractivity contribution in [2.75, 3.05) is 0 Å². The van der Waals surface area contributed by atoms with Gasteiger partial charge in [-0.2, -0.15) is 0 Å². The molecule has 5 heteroatoms. The van der Waals surface area contributed by atoms with Crippen molar-refractivity contribution in [1.82, 2.24) is 0 Å². The van der Waals surface area contributed by atoms with E-state index in [-0.39, 0.29) is 45.8 Å². The van der Waals surface area contributed by atoms with Crippen LogP contribution in [0.4, 0.5) is 0 Å². The van der Waals surface area contributed by atoms with Gasteiger partial charge in [-0.1, -0.05) is 41.5 Å². The number of ether oxygens (including phenoxy) is 2. The normalized spacial score (nSPS) is 54.1. The summed E-state index contributed by atoms with van der Waals surface area (Å²) in [4.78, 5) is 12.6. The first kappa shape index (κ1) is 28.9. The number of rotatable bonds is 3. The van der Waals surface area contributed by atoms with E-state index in [1.807, 2.05) is 6.92 Å². The van der Waals surface area contributed by atoms with Crippen LogP contribution in [-0.4, -0.2) is 45.2 Å². The van der Waals surface area contributed by atoms with E-state index in [9.17, 15) is 15.0 Å². The van der Waals surface area contributed by atoms with Crippen LogP contribution in [0.1, 0.15) is 127 Å². The molecule has 5 unspecified atom stereocenters. The molecule has 0 aromatic rings. The standard InChI is InChI=1S/C33H56O5/c1-20-11-14-29(7)23(27(20,3)4)12-15-30(8)24(29)19-22(37-21(2)34)26-31(30,9)17-18-33(26,36)32(10)16-13-25(38-32)28(5,6)35/h20,22-26,35-36H,11-19H2,1-10H3/t20-,22?,23?,24?,25+,26?,29+,30-,31-,32?,33-/m1/s1. The summed E-state index contributed by atoms with van der Waals surface area (Å²) in [5.41, 5.74) is -2.52. The van der Waals surface area contributed by atoms with Crippen molar-refractivity contribution in [3.63, 3.8) is 0 Å². The summed E-state index contributed by atoms with van der Waals surface area (Å²) in [6.45, 7) is 22.1. The second-order valence-corrected chi connectivity index (χ2v) is 16.6. The van der Waals surface area contributed by atoms with E-state index in [0.29, 0.717) is 30.6 Å². The molecule has 4 aliphatic carbocycles. The summed E-state index contributed by atoms with van der Waals surface area (Å²) in [6.07, 6.45) is 8.01. The van der Waals surface area contributed by atoms with E-state index in [2.05, 4.69) is 41.5 Å². The lowest BCUT2D eigenvalue weighted by Gasteiger charge is -2.71. The van der Waals surface area contributed by atoms with E-state index in [1.54, 1.807) is 13.8 Å². The number of fused-ring (bicyclic) bond motifs is 5. The molecule has 0 aromatic carbocycles. The van der Waals surface area contributed by atoms with E-state index in [1.165, 1.54) is 26.2 Å². The molecule has 1 aliphatic heterocycles. The van der Waals surface area contributed by atoms with Gasteiger partial charge in [0.2, 0.25) is 0 Å². The van der Waals surface area contributed by atoms with Crippen LogP contribution < -0.4 is 0 Å². The second-order valence-electron chi connectivity index (χ2n) is 16.6. The Morgan fingerprint density at radius 2 is 1.55 bits per heavy atom. The molecule has 218 valence electrons. The van der Waals surface area contributed by atoms with E-state index >= 15 is 0 Å². The third kappa shape index (κ3) is 3.62. The highest BCUT2D eigenvalue weighted by Crippen LogP contribution is 2.77. The minimum atomic E-state index is -1.12. The molecular weight excluding hydrogens is 476 g/mol. The minimum Gasteiger partial charge on any atom is -0.462 e. The van der Waals surface area contributed by atoms with E-state index in [0.717, 1.165) is 25.7 Å². The summed E-state index contributed by atoms with van der Waals surface area (Å²) in [5, 5.41) is 23.5. The van der Waals surface area contributed by atoms with Crippen LogP contribution in [0.15, 0.2) is 0 Å². The fraction of sp³-hybridized carbons (Fsp3) is 0.970. The quantitative estimate of drug-likeness (QED) is 0.397. The zero-order chi connectivity index (χ0) is 28.3. The lowest BCUT2D eigenvalue weighted by Crippen LogP contribution is -2.69. The largest absolute Gasteiger partial charge is 0.462 e. The Morgan fingerprint density at radius 1 is 0.895 bits per heavy atom. The number of hydrogen-bond acceptors (Lipinski definition) is 5. The number of hydrogen-bond donors (Lipinski definition) is 2. The van der Waals surface area contributed by atoms with Crippen molar-refractivity contribution >= 4 is 5.97 Å². The Morgan fingerprint density at radius 3 is 2.13 bits per heavy atom. The van der Waals surface area contributed by atoms with Gasteiger partial charge in [0.1, 0.15) is 11.7 Å². The molecular formula is C33H56O5. The summed E-state index contributed by atoms with van der Waals surface area (Å²) < 4.78 is 12.9. The summed E-state index contributed by atoms with van der Waals surface area (Å²) >= 11 is 0. The van der Waals surface area contributed by atoms with Crippen LogP contribution in [0.25, 0.3) is 0 Å². The second kappa shape index (κ2) is 8.44. The molecule has 5 nitrogen and oxygen atoms in total. The molecule has 4 saturated carbocycles. The fourth-order valence-electron chi connectivity index (χ4n) is 11.5. The smallest absolute Gasteiger partial charge is 0.302 e. The molecule has 5 aliphatic rings. The van der Waals surface area contributed by atoms with Gasteiger partial charge in [0.25, 0.3) is 0 Å². The monoisotopic (exact) mass is 532 g/mol. The average molecular weight is 533 g/mol. The number of carbonyl (C=O) groups excluding carboxylic acids is 1. The molecule has 2 N–H and O–H groups in total. The summed E-state index contributed by atoms with van der Waals surface area (Å²) in [7, 11) is 0. The highest BCUT2D eigenvalue weighted by molar-refractivity contribution is 5.66. The molecule has 1 heterocycles. The van der Waals surface area contributed by atoms with Crippen LogP contribution in [0.2, 0.25) is 0 Å². The van der Waals surface area contributed by atoms with Crippen molar-refractivity contribution in [3.05, 3.63) is 0 Å². The molecule has 0 radical (unpaired) electrons. The molecule has 38 heavy (non-hydrogen) atoms. The Labute approximate surface area is 231 Å². The van der Waals surface area contributed by atoms with Gasteiger partial charge in [0.05, 0.1) is 17.3 Å². The van der Waals surface area contributed by atoms with Crippen LogP contribution >= 0.6 is 0 Å². The predicted molar refractivity (Wildman–Crippen MR) is 149 cm³/mol. The highest BCUT2D eigenvalue weighted by Gasteiger charge is 2.76. The Balaban J connectivity index is 1.58. The SMILES string of the molecule is CC(=O)OC1CC2[C@@]3(C)CC[C@@H](C)C(C)(C)C3CC[C@@]2(C)[C@]2(C)CC[C@](O)(C3(C)CC[C@@H](C(C)(C)O)O3)C12. The minimum absolute atomic E-state index is 0.0469. The first-order valence-corrected chi connectivity index (χ1v) is 15.6. The molecule has 0 bridgehead atoms. The van der Waals surface area contributed by atoms with Crippen LogP contribution in [0, 0.1) is 45.3 Å². The first-order chi connectivity index (χ1) is 17.3. The number of aliphatic hydroxyl groups is 2. The summed E-state index contributed by atoms with van der Waals surface area (Å²) in [5.74, 6) is 1.35. The van der Waals surface area contributed by atoms with Gasteiger partial charge in [-0.25, -0.2) is 0 Å². The van der Waals surface area contributed by atoms with Gasteiger partial charge < -0.3 is 19.7 Å². The Hall–Kier alpha value is -0.650. The van der Waals surface area contributed by atoms with Crippen molar-refractivity contribution in [3.8, 4) is 0 Å². The topological polar surface area (TPSA) is 76.0 Å². The molecule has 5 fully saturated rings. The van der Waals surface area contributed by atoms with Gasteiger partial charge in [0.15, 0.2) is 0 Å². The first-order valence-electron chi connectivity index (χ1n) is 15.6. The van der Waals surface area contributed by atoms with Gasteiger partial charge in [-0.15, -0.1) is 0 Å². The van der Waals surface area contributed by atoms with Gasteiger partial charge >= 0.3 is 5.97 Å². The van der Waals surface area contributed by atoms with Crippen LogP contribution in [0.5, 0.6) is 0 Å². The highest BCUT2D eigenvalue weighted by atomic mass is 16.6. The number of carbonyl (C=O) groups is 1. The van der Waals surface area contributed by atoms with Gasteiger partial charge in [-0.05, 0) is 118 Å². The van der Waals surface area contributed by atoms with E-state index < -0.39 is 16.8 Å². The maximum Gasteiger partial charge on any atom is 0.302 e. The predicted octanol–water partition coefficient (Wildman–Crippen LogP) is 6.67. The van der Waals surface area contributed by atoms with E-state index in [4.69, 9.17) is 9.47 Å². The summed E-state index contributed by atoms with van der Waals surface area (Å²) in [6, 6.07) is 0. The lowest BCUT2D eigenvalue weighted by atomic mass is 9.34. The van der Waals surface area contributed by atoms with Crippen LogP contribution in [0.3, 0.4) is 0 Å². The molecule has 5 rings (SSSR count). The fourth-order valence-corrected chi connectivity index (χ4v) is 11.5. The van der Waals surface area contributed by atoms with Gasteiger partial charge in [0, 0.05) is 12.8 Å². The number of esters is 1. The molecule has 0 amide bonds.